The van der Waals surface area contributed by atoms with Crippen molar-refractivity contribution in [1.29, 1.82) is 0 Å². The number of aliphatic hydroxyl groups excluding tert-OH is 4. The molecular formula is C66H80O13. The second-order valence-corrected chi connectivity index (χ2v) is 21.8. The van der Waals surface area contributed by atoms with Crippen molar-refractivity contribution in [2.24, 2.45) is 0 Å². The molecule has 4 N–H and O–H groups in total. The van der Waals surface area contributed by atoms with Gasteiger partial charge in [-0.3, -0.25) is 0 Å². The van der Waals surface area contributed by atoms with E-state index in [4.69, 9.17) is 42.3 Å². The van der Waals surface area contributed by atoms with Crippen LogP contribution in [0.3, 0.4) is 0 Å². The summed E-state index contributed by atoms with van der Waals surface area (Å²) in [6.45, 7) is 18.2. The Balaban J connectivity index is 0.744. The lowest BCUT2D eigenvalue weighted by molar-refractivity contribution is -0.0643. The number of ether oxygens (including phenoxy) is 8. The molecule has 0 aliphatic rings. The molecule has 0 spiro atoms. The zero-order valence-electron chi connectivity index (χ0n) is 47.0. The molecule has 0 amide bonds. The summed E-state index contributed by atoms with van der Waals surface area (Å²) in [5.41, 5.74) is 7.21. The molecule has 7 aromatic rings. The summed E-state index contributed by atoms with van der Waals surface area (Å²) < 4.78 is 51.6. The van der Waals surface area contributed by atoms with E-state index in [1.807, 2.05) is 122 Å². The van der Waals surface area contributed by atoms with Crippen molar-refractivity contribution in [2.45, 2.75) is 109 Å². The van der Waals surface area contributed by atoms with Crippen molar-refractivity contribution in [2.75, 3.05) is 59.5 Å². The fourth-order valence-electron chi connectivity index (χ4n) is 8.85. The average molecular weight is 1080 g/mol. The van der Waals surface area contributed by atoms with Gasteiger partial charge in [0.25, 0.3) is 0 Å². The predicted molar refractivity (Wildman–Crippen MR) is 306 cm³/mol. The quantitative estimate of drug-likeness (QED) is 0.0315. The summed E-state index contributed by atoms with van der Waals surface area (Å²) in [5, 5.41) is 42.1. The normalized spacial score (nSPS) is 14.0. The highest BCUT2D eigenvalue weighted by atomic mass is 16.6. The van der Waals surface area contributed by atoms with Crippen LogP contribution >= 0.6 is 0 Å². The van der Waals surface area contributed by atoms with E-state index in [1.54, 1.807) is 12.3 Å². The molecule has 6 aromatic carbocycles. The minimum absolute atomic E-state index is 0.0578. The second-order valence-electron chi connectivity index (χ2n) is 21.8. The van der Waals surface area contributed by atoms with Crippen LogP contribution in [0, 0.1) is 6.92 Å². The van der Waals surface area contributed by atoms with Gasteiger partial charge in [0.05, 0.1) is 38.8 Å². The first-order valence-electron chi connectivity index (χ1n) is 27.1. The van der Waals surface area contributed by atoms with Gasteiger partial charge in [0, 0.05) is 16.2 Å². The zero-order chi connectivity index (χ0) is 56.4. The van der Waals surface area contributed by atoms with Crippen LogP contribution in [0.4, 0.5) is 0 Å². The lowest BCUT2D eigenvalue weighted by atomic mass is 9.78. The lowest BCUT2D eigenvalue weighted by Crippen LogP contribution is -2.29. The Morgan fingerprint density at radius 2 is 0.658 bits per heavy atom. The van der Waals surface area contributed by atoms with Crippen molar-refractivity contribution < 1.29 is 62.7 Å². The van der Waals surface area contributed by atoms with Gasteiger partial charge in [-0.05, 0) is 120 Å². The number of aryl methyl sites for hydroxylation is 1. The molecule has 0 radical (unpaired) electrons. The molecule has 5 atom stereocenters. The summed E-state index contributed by atoms with van der Waals surface area (Å²) in [5.74, 6) is 3.95. The predicted octanol–water partition coefficient (Wildman–Crippen LogP) is 10.9. The van der Waals surface area contributed by atoms with E-state index < -0.39 is 24.4 Å². The summed E-state index contributed by atoms with van der Waals surface area (Å²) >= 11 is 0. The van der Waals surface area contributed by atoms with Gasteiger partial charge in [-0.2, -0.15) is 0 Å². The monoisotopic (exact) mass is 1080 g/mol. The Labute approximate surface area is 466 Å². The first kappa shape index (κ1) is 60.0. The summed E-state index contributed by atoms with van der Waals surface area (Å²) in [4.78, 5) is 0. The smallest absolute Gasteiger partial charge is 0.129 e. The van der Waals surface area contributed by atoms with Gasteiger partial charge in [-0.25, -0.2) is 0 Å². The standard InChI is InChI=1S/C66H80O13/c1-46-11-13-48(14-12-46)64(3,4)49-15-29-60(30-16-49)77-42-56(69)39-74-47(2)36-71-37-54(67)40-75-58-25-17-50(18-26-58)65(5,6)52-21-31-61(32-22-52)78-43-57(70)44-79-62-33-23-53(24-34-62)66(7,8)51-19-27-59(28-20-51)76-41-55(68)38-72-45-63-10-9-35-73-63/h9-35,47,54-57,67-70H,36-45H2,1-8H3. The molecule has 0 aliphatic heterocycles. The van der Waals surface area contributed by atoms with Crippen LogP contribution in [0.1, 0.15) is 93.2 Å². The average Bonchev–Trinajstić information content (AvgIpc) is 4.00. The highest BCUT2D eigenvalue weighted by Crippen LogP contribution is 2.36. The fraction of sp³-hybridized carbons (Fsp3) is 0.394. The van der Waals surface area contributed by atoms with E-state index in [1.165, 1.54) is 16.7 Å². The van der Waals surface area contributed by atoms with Gasteiger partial charge in [0.2, 0.25) is 0 Å². The van der Waals surface area contributed by atoms with Crippen LogP contribution in [-0.4, -0.2) is 110 Å². The number of aliphatic hydroxyl groups is 4. The Bertz CT molecular complexity index is 2830. The van der Waals surface area contributed by atoms with Gasteiger partial charge in [-0.15, -0.1) is 0 Å². The molecule has 0 saturated heterocycles. The van der Waals surface area contributed by atoms with E-state index in [0.29, 0.717) is 41.1 Å². The maximum atomic E-state index is 10.7. The van der Waals surface area contributed by atoms with Gasteiger partial charge < -0.3 is 62.7 Å². The van der Waals surface area contributed by atoms with E-state index in [2.05, 4.69) is 84.9 Å². The molecule has 0 saturated carbocycles. The molecule has 1 heterocycles. The first-order chi connectivity index (χ1) is 37.8. The molecule has 1 aromatic heterocycles. The molecule has 7 rings (SSSR count). The van der Waals surface area contributed by atoms with Crippen molar-refractivity contribution in [3.8, 4) is 28.7 Å². The largest absolute Gasteiger partial charge is 0.491 e. The molecule has 13 nitrogen and oxygen atoms in total. The van der Waals surface area contributed by atoms with E-state index >= 15 is 0 Å². The molecule has 5 unspecified atom stereocenters. The minimum atomic E-state index is -0.849. The van der Waals surface area contributed by atoms with Gasteiger partial charge >= 0.3 is 0 Å². The van der Waals surface area contributed by atoms with Crippen LogP contribution in [0.2, 0.25) is 0 Å². The molecule has 79 heavy (non-hydrogen) atoms. The van der Waals surface area contributed by atoms with Gasteiger partial charge in [0.1, 0.15) is 98.6 Å². The Hall–Kier alpha value is -6.68. The van der Waals surface area contributed by atoms with Crippen molar-refractivity contribution in [1.82, 2.24) is 0 Å². The third-order valence-electron chi connectivity index (χ3n) is 14.2. The highest BCUT2D eigenvalue weighted by Gasteiger charge is 2.26. The third-order valence-corrected chi connectivity index (χ3v) is 14.2. The second kappa shape index (κ2) is 28.5. The van der Waals surface area contributed by atoms with E-state index in [9.17, 15) is 20.4 Å². The molecule has 0 fully saturated rings. The van der Waals surface area contributed by atoms with Crippen LogP contribution in [0.5, 0.6) is 28.7 Å². The number of hydrogen-bond acceptors (Lipinski definition) is 13. The molecule has 13 heteroatoms. The summed E-state index contributed by atoms with van der Waals surface area (Å²) in [7, 11) is 0. The first-order valence-corrected chi connectivity index (χ1v) is 27.1. The van der Waals surface area contributed by atoms with Crippen molar-refractivity contribution in [3.05, 3.63) is 209 Å². The number of benzene rings is 6. The number of rotatable bonds is 32. The molecule has 422 valence electrons. The number of hydrogen-bond donors (Lipinski definition) is 4. The van der Waals surface area contributed by atoms with Crippen LogP contribution in [-0.2, 0) is 37.1 Å². The summed E-state index contributed by atoms with van der Waals surface area (Å²) in [6.07, 6.45) is -2.01. The minimum Gasteiger partial charge on any atom is -0.491 e. The maximum Gasteiger partial charge on any atom is 0.129 e. The Kier molecular flexibility index (Phi) is 21.6. The Morgan fingerprint density at radius 1 is 0.367 bits per heavy atom. The van der Waals surface area contributed by atoms with Gasteiger partial charge in [-0.1, -0.05) is 132 Å². The maximum absolute atomic E-state index is 10.7. The van der Waals surface area contributed by atoms with E-state index in [-0.39, 0.29) is 81.8 Å². The zero-order valence-corrected chi connectivity index (χ0v) is 47.0. The molecular weight excluding hydrogens is 1000 g/mol. The summed E-state index contributed by atoms with van der Waals surface area (Å²) in [6, 6.07) is 51.6. The molecule has 0 aliphatic carbocycles. The van der Waals surface area contributed by atoms with Crippen LogP contribution < -0.4 is 23.7 Å². The topological polar surface area (TPSA) is 168 Å². The highest BCUT2D eigenvalue weighted by molar-refractivity contribution is 5.44. The SMILES string of the molecule is Cc1ccc(C(C)(C)c2ccc(OCC(O)COC(C)COCC(O)COc3ccc(C(C)(C)c4ccc(OCC(O)COc5ccc(C(C)(C)c6ccc(OCC(O)COCc7ccco7)cc6)cc5)cc4)cc3)cc2)cc1. The van der Waals surface area contributed by atoms with E-state index in [0.717, 1.165) is 22.3 Å². The Morgan fingerprint density at radius 3 is 0.975 bits per heavy atom. The molecule has 0 bridgehead atoms. The van der Waals surface area contributed by atoms with Crippen LogP contribution in [0.25, 0.3) is 0 Å². The van der Waals surface area contributed by atoms with Gasteiger partial charge in [0.15, 0.2) is 0 Å². The lowest BCUT2D eigenvalue weighted by Gasteiger charge is -2.27. The fourth-order valence-corrected chi connectivity index (χ4v) is 8.85. The van der Waals surface area contributed by atoms with Crippen LogP contribution in [0.15, 0.2) is 168 Å². The van der Waals surface area contributed by atoms with Crippen molar-refractivity contribution >= 4 is 0 Å². The third kappa shape index (κ3) is 17.9. The van der Waals surface area contributed by atoms with Crippen molar-refractivity contribution in [3.63, 3.8) is 0 Å². The number of furan rings is 1.